The largest absolute Gasteiger partial charge is 0.353 e. The second kappa shape index (κ2) is 9.50. The fraction of sp³-hybridized carbons (Fsp3) is 0.292. The number of amides is 1. The quantitative estimate of drug-likeness (QED) is 0.688. The first-order valence-electron chi connectivity index (χ1n) is 10.3. The van der Waals surface area contributed by atoms with Gasteiger partial charge in [-0.2, -0.15) is 0 Å². The first-order valence-corrected chi connectivity index (χ1v) is 10.3. The average Bonchev–Trinajstić information content (AvgIpc) is 2.83. The Kier molecular flexibility index (Phi) is 6.35. The molecule has 0 radical (unpaired) electrons. The molecule has 30 heavy (non-hydrogen) atoms. The molecule has 1 amide bonds. The molecule has 0 spiro atoms. The van der Waals surface area contributed by atoms with Crippen molar-refractivity contribution < 1.29 is 4.79 Å². The number of piperazine rings is 1. The summed E-state index contributed by atoms with van der Waals surface area (Å²) in [6.45, 7) is 3.31. The van der Waals surface area contributed by atoms with Crippen molar-refractivity contribution in [3.05, 3.63) is 89.9 Å². The third-order valence-corrected chi connectivity index (χ3v) is 5.53. The highest BCUT2D eigenvalue weighted by molar-refractivity contribution is 5.93. The summed E-state index contributed by atoms with van der Waals surface area (Å²) >= 11 is 0. The minimum atomic E-state index is -0.00872. The van der Waals surface area contributed by atoms with Crippen LogP contribution in [0.2, 0.25) is 0 Å². The Morgan fingerprint density at radius 1 is 1.13 bits per heavy atom. The van der Waals surface area contributed by atoms with Crippen molar-refractivity contribution in [2.45, 2.75) is 12.5 Å². The van der Waals surface area contributed by atoms with Crippen LogP contribution in [0.5, 0.6) is 0 Å². The molecule has 1 aliphatic heterocycles. The van der Waals surface area contributed by atoms with Crippen molar-refractivity contribution in [3.8, 4) is 0 Å². The lowest BCUT2D eigenvalue weighted by Gasteiger charge is -2.34. The van der Waals surface area contributed by atoms with Gasteiger partial charge in [-0.3, -0.25) is 9.78 Å². The van der Waals surface area contributed by atoms with Gasteiger partial charge in [0.15, 0.2) is 0 Å². The van der Waals surface area contributed by atoms with Crippen molar-refractivity contribution in [2.75, 3.05) is 38.1 Å². The lowest BCUT2D eigenvalue weighted by atomic mass is 10.0. The van der Waals surface area contributed by atoms with E-state index in [9.17, 15) is 4.79 Å². The summed E-state index contributed by atoms with van der Waals surface area (Å²) in [6, 6.07) is 18.5. The van der Waals surface area contributed by atoms with Gasteiger partial charge in [0.2, 0.25) is 0 Å². The number of likely N-dealkylation sites (N-methyl/N-ethyl adjacent to an activating group) is 1. The fourth-order valence-electron chi connectivity index (χ4n) is 3.73. The first-order chi connectivity index (χ1) is 14.7. The molecule has 0 aliphatic carbocycles. The van der Waals surface area contributed by atoms with Crippen LogP contribution in [0.1, 0.15) is 27.5 Å². The van der Waals surface area contributed by atoms with Crippen molar-refractivity contribution >= 4 is 11.7 Å². The number of nitrogens with zero attached hydrogens (tertiary/aromatic N) is 4. The zero-order valence-corrected chi connectivity index (χ0v) is 17.2. The molecule has 1 atom stereocenters. The maximum Gasteiger partial charge on any atom is 0.255 e. The number of nitrogens with one attached hydrogen (secondary N) is 1. The molecule has 1 aromatic carbocycles. The molecule has 0 unspecified atom stereocenters. The van der Waals surface area contributed by atoms with E-state index in [1.54, 1.807) is 23.5 Å². The predicted molar refractivity (Wildman–Crippen MR) is 119 cm³/mol. The minimum Gasteiger partial charge on any atom is -0.353 e. The van der Waals surface area contributed by atoms with Gasteiger partial charge >= 0.3 is 0 Å². The van der Waals surface area contributed by atoms with Crippen molar-refractivity contribution in [1.29, 1.82) is 0 Å². The maximum atomic E-state index is 12.7. The van der Waals surface area contributed by atoms with Crippen molar-refractivity contribution in [2.24, 2.45) is 0 Å². The summed E-state index contributed by atoms with van der Waals surface area (Å²) in [5.74, 6) is 0.902. The van der Waals surface area contributed by atoms with Crippen LogP contribution in [0.4, 0.5) is 5.82 Å². The Bertz CT molecular complexity index is 946. The van der Waals surface area contributed by atoms with E-state index in [1.807, 2.05) is 37.4 Å². The van der Waals surface area contributed by atoms with E-state index in [0.717, 1.165) is 31.9 Å². The Morgan fingerprint density at radius 2 is 1.93 bits per heavy atom. The highest BCUT2D eigenvalue weighted by Gasteiger charge is 2.22. The summed E-state index contributed by atoms with van der Waals surface area (Å²) in [7, 11) is 1.83. The number of aromatic nitrogens is 2. The summed E-state index contributed by atoms with van der Waals surface area (Å²) in [6.07, 6.45) is 6.05. The Balaban J connectivity index is 1.36. The first kappa shape index (κ1) is 20.0. The van der Waals surface area contributed by atoms with E-state index < -0.39 is 0 Å². The number of carbonyl (C=O) groups excluding carboxylic acids is 1. The lowest BCUT2D eigenvalue weighted by molar-refractivity contribution is 0.0796. The zero-order chi connectivity index (χ0) is 20.8. The molecule has 2 aromatic heterocycles. The highest BCUT2D eigenvalue weighted by Crippen LogP contribution is 2.21. The molecule has 6 nitrogen and oxygen atoms in total. The number of rotatable bonds is 6. The van der Waals surface area contributed by atoms with Crippen molar-refractivity contribution in [1.82, 2.24) is 20.2 Å². The minimum absolute atomic E-state index is 0.00872. The van der Waals surface area contributed by atoms with E-state index in [4.69, 9.17) is 0 Å². The van der Waals surface area contributed by atoms with Gasteiger partial charge in [-0.1, -0.05) is 30.3 Å². The van der Waals surface area contributed by atoms with E-state index in [-0.39, 0.29) is 11.9 Å². The van der Waals surface area contributed by atoms with Crippen LogP contribution in [0, 0.1) is 0 Å². The number of anilines is 1. The van der Waals surface area contributed by atoms with Crippen LogP contribution in [-0.2, 0) is 6.42 Å². The molecule has 3 aromatic rings. The van der Waals surface area contributed by atoms with E-state index in [0.29, 0.717) is 12.1 Å². The molecule has 154 valence electrons. The number of hydrogen-bond acceptors (Lipinski definition) is 5. The Morgan fingerprint density at radius 3 is 2.67 bits per heavy atom. The molecule has 1 N–H and O–H groups in total. The molecule has 0 saturated carbocycles. The summed E-state index contributed by atoms with van der Waals surface area (Å²) < 4.78 is 0. The second-order valence-electron chi connectivity index (χ2n) is 7.60. The highest BCUT2D eigenvalue weighted by atomic mass is 16.2. The number of hydrogen-bond donors (Lipinski definition) is 1. The van der Waals surface area contributed by atoms with Crippen LogP contribution in [-0.4, -0.2) is 54.0 Å². The van der Waals surface area contributed by atoms with E-state index in [2.05, 4.69) is 44.5 Å². The molecule has 1 saturated heterocycles. The normalized spacial score (nSPS) is 16.3. The molecule has 6 heteroatoms. The molecule has 3 heterocycles. The number of carbonyl (C=O) groups is 1. The van der Waals surface area contributed by atoms with Gasteiger partial charge in [0.1, 0.15) is 5.82 Å². The fourth-order valence-corrected chi connectivity index (χ4v) is 3.73. The lowest BCUT2D eigenvalue weighted by Crippen LogP contribution is -2.46. The van der Waals surface area contributed by atoms with Gasteiger partial charge in [-0.25, -0.2) is 4.98 Å². The van der Waals surface area contributed by atoms with E-state index >= 15 is 0 Å². The van der Waals surface area contributed by atoms with Crippen LogP contribution in [0.3, 0.4) is 0 Å². The average molecular weight is 402 g/mol. The van der Waals surface area contributed by atoms with Gasteiger partial charge in [0, 0.05) is 57.9 Å². The SMILES string of the molecule is CN(CCc1ccncc1)C(=O)c1ccc(N2CCN[C@H](c3ccccc3)C2)nc1. The summed E-state index contributed by atoms with van der Waals surface area (Å²) in [4.78, 5) is 25.4. The molecule has 1 aliphatic rings. The van der Waals surface area contributed by atoms with Crippen LogP contribution < -0.4 is 10.2 Å². The van der Waals surface area contributed by atoms with E-state index in [1.165, 1.54) is 11.1 Å². The third kappa shape index (κ3) is 4.83. The molecular weight excluding hydrogens is 374 g/mol. The summed E-state index contributed by atoms with van der Waals surface area (Å²) in [5.41, 5.74) is 3.07. The standard InChI is InChI=1S/C24H27N5O/c1-28(15-11-19-9-12-25-13-10-19)24(30)21-7-8-23(27-17-21)29-16-14-26-22(18-29)20-5-3-2-4-6-20/h2-10,12-13,17,22,26H,11,14-16,18H2,1H3/t22-/m0/s1. The topological polar surface area (TPSA) is 61.4 Å². The monoisotopic (exact) mass is 401 g/mol. The zero-order valence-electron chi connectivity index (χ0n) is 17.2. The molecular formula is C24H27N5O. The van der Waals surface area contributed by atoms with Crippen LogP contribution in [0.15, 0.2) is 73.2 Å². The Hall–Kier alpha value is -3.25. The second-order valence-corrected chi connectivity index (χ2v) is 7.60. The summed E-state index contributed by atoms with van der Waals surface area (Å²) in [5, 5.41) is 3.57. The van der Waals surface area contributed by atoms with Gasteiger partial charge < -0.3 is 15.1 Å². The molecule has 4 rings (SSSR count). The maximum absolute atomic E-state index is 12.7. The number of benzene rings is 1. The molecule has 0 bridgehead atoms. The third-order valence-electron chi connectivity index (χ3n) is 5.53. The van der Waals surface area contributed by atoms with Gasteiger partial charge in [0.25, 0.3) is 5.91 Å². The molecule has 1 fully saturated rings. The van der Waals surface area contributed by atoms with Gasteiger partial charge in [0.05, 0.1) is 5.56 Å². The van der Waals surface area contributed by atoms with Crippen LogP contribution in [0.25, 0.3) is 0 Å². The van der Waals surface area contributed by atoms with Crippen molar-refractivity contribution in [3.63, 3.8) is 0 Å². The van der Waals surface area contributed by atoms with Gasteiger partial charge in [-0.15, -0.1) is 0 Å². The van der Waals surface area contributed by atoms with Crippen LogP contribution >= 0.6 is 0 Å². The Labute approximate surface area is 177 Å². The number of pyridine rings is 2. The van der Waals surface area contributed by atoms with Gasteiger partial charge in [-0.05, 0) is 41.8 Å². The smallest absolute Gasteiger partial charge is 0.255 e. The predicted octanol–water partition coefficient (Wildman–Crippen LogP) is 2.94.